The lowest BCUT2D eigenvalue weighted by Crippen LogP contribution is -2.26. The van der Waals surface area contributed by atoms with Crippen LogP contribution in [0.3, 0.4) is 0 Å². The summed E-state index contributed by atoms with van der Waals surface area (Å²) in [5.41, 5.74) is 0. The zero-order valence-corrected chi connectivity index (χ0v) is 10.9. The van der Waals surface area contributed by atoms with Crippen LogP contribution in [-0.2, 0) is 14.2 Å². The van der Waals surface area contributed by atoms with Crippen molar-refractivity contribution in [3.63, 3.8) is 0 Å². The van der Waals surface area contributed by atoms with Crippen LogP contribution in [0.25, 0.3) is 0 Å². The summed E-state index contributed by atoms with van der Waals surface area (Å²) in [6, 6.07) is 0.855. The number of rotatable bonds is 8. The number of methoxy groups -OCH3 is 1. The van der Waals surface area contributed by atoms with Crippen molar-refractivity contribution in [1.82, 2.24) is 4.90 Å². The van der Waals surface area contributed by atoms with Gasteiger partial charge in [0, 0.05) is 19.8 Å². The summed E-state index contributed by atoms with van der Waals surface area (Å²) in [5.74, 6) is 0.858. The van der Waals surface area contributed by atoms with Crippen molar-refractivity contribution >= 4 is 0 Å². The summed E-state index contributed by atoms with van der Waals surface area (Å²) in [4.78, 5) is 2.65. The largest absolute Gasteiger partial charge is 0.382 e. The van der Waals surface area contributed by atoms with Gasteiger partial charge in [-0.25, -0.2) is 0 Å². The van der Waals surface area contributed by atoms with Gasteiger partial charge >= 0.3 is 0 Å². The van der Waals surface area contributed by atoms with Crippen molar-refractivity contribution in [3.8, 4) is 0 Å². The molecule has 0 radical (unpaired) electrons. The highest BCUT2D eigenvalue weighted by molar-refractivity contribution is 4.90. The van der Waals surface area contributed by atoms with E-state index in [-0.39, 0.29) is 0 Å². The van der Waals surface area contributed by atoms with E-state index in [1.807, 2.05) is 0 Å². The number of hydrogen-bond acceptors (Lipinski definition) is 4. The fraction of sp³-hybridized carbons (Fsp3) is 1.00. The van der Waals surface area contributed by atoms with E-state index >= 15 is 0 Å². The molecule has 2 rings (SSSR count). The Balaban J connectivity index is 1.48. The van der Waals surface area contributed by atoms with Crippen LogP contribution in [0.4, 0.5) is 0 Å². The highest BCUT2D eigenvalue weighted by Crippen LogP contribution is 2.34. The molecule has 2 atom stereocenters. The summed E-state index contributed by atoms with van der Waals surface area (Å²) in [5, 5.41) is 0. The molecule has 2 aliphatic heterocycles. The van der Waals surface area contributed by atoms with E-state index in [9.17, 15) is 0 Å². The second-order valence-corrected chi connectivity index (χ2v) is 5.01. The summed E-state index contributed by atoms with van der Waals surface area (Å²) in [6.07, 6.45) is 5.34. The van der Waals surface area contributed by atoms with E-state index in [2.05, 4.69) is 4.90 Å². The minimum atomic E-state index is 0.407. The number of hydrogen-bond donors (Lipinski definition) is 0. The molecule has 0 aromatic rings. The maximum absolute atomic E-state index is 5.49. The summed E-state index contributed by atoms with van der Waals surface area (Å²) in [6.45, 7) is 5.13. The van der Waals surface area contributed by atoms with Gasteiger partial charge < -0.3 is 19.1 Å². The average molecular weight is 243 g/mol. The lowest BCUT2D eigenvalue weighted by Gasteiger charge is -2.19. The fourth-order valence-corrected chi connectivity index (χ4v) is 3.08. The molecular weight excluding hydrogens is 218 g/mol. The molecule has 0 N–H and O–H groups in total. The van der Waals surface area contributed by atoms with E-state index in [0.717, 1.165) is 18.6 Å². The monoisotopic (exact) mass is 243 g/mol. The first kappa shape index (κ1) is 13.3. The predicted molar refractivity (Wildman–Crippen MR) is 66.0 cm³/mol. The van der Waals surface area contributed by atoms with Gasteiger partial charge in [0.1, 0.15) is 6.79 Å². The Morgan fingerprint density at radius 2 is 1.94 bits per heavy atom. The molecule has 0 aromatic carbocycles. The number of ether oxygens (including phenoxy) is 3. The summed E-state index contributed by atoms with van der Waals surface area (Å²) >= 11 is 0. The first-order valence-corrected chi connectivity index (χ1v) is 6.80. The maximum Gasteiger partial charge on any atom is 0.146 e. The normalized spacial score (nSPS) is 28.8. The van der Waals surface area contributed by atoms with Crippen LogP contribution in [0.1, 0.15) is 25.7 Å². The van der Waals surface area contributed by atoms with Gasteiger partial charge in [-0.3, -0.25) is 0 Å². The average Bonchev–Trinajstić information content (AvgIpc) is 2.92. The van der Waals surface area contributed by atoms with Crippen molar-refractivity contribution in [2.45, 2.75) is 31.7 Å². The van der Waals surface area contributed by atoms with Crippen molar-refractivity contribution in [3.05, 3.63) is 0 Å². The van der Waals surface area contributed by atoms with Gasteiger partial charge in [-0.1, -0.05) is 0 Å². The van der Waals surface area contributed by atoms with Gasteiger partial charge in [0.05, 0.1) is 13.2 Å². The van der Waals surface area contributed by atoms with E-state index in [4.69, 9.17) is 14.2 Å². The molecule has 0 spiro atoms. The van der Waals surface area contributed by atoms with Gasteiger partial charge in [-0.15, -0.1) is 0 Å². The van der Waals surface area contributed by atoms with Crippen molar-refractivity contribution < 1.29 is 14.2 Å². The van der Waals surface area contributed by atoms with Gasteiger partial charge in [-0.05, 0) is 44.7 Å². The molecule has 0 aliphatic carbocycles. The minimum Gasteiger partial charge on any atom is -0.382 e. The molecule has 0 amide bonds. The molecule has 0 saturated carbocycles. The van der Waals surface area contributed by atoms with Crippen LogP contribution in [-0.4, -0.2) is 57.8 Å². The van der Waals surface area contributed by atoms with E-state index in [1.165, 1.54) is 38.8 Å². The molecule has 2 aliphatic rings. The molecular formula is C13H25NO3. The predicted octanol–water partition coefficient (Wildman–Crippen LogP) is 1.50. The van der Waals surface area contributed by atoms with Crippen LogP contribution in [0.2, 0.25) is 0 Å². The van der Waals surface area contributed by atoms with Crippen molar-refractivity contribution in [1.29, 1.82) is 0 Å². The van der Waals surface area contributed by atoms with E-state index in [1.54, 1.807) is 7.11 Å². The SMILES string of the molecule is COCCOCOCCC1CCN2CCCC12. The Bertz CT molecular complexity index is 213. The minimum absolute atomic E-state index is 0.407. The molecule has 0 aromatic heterocycles. The Kier molecular flexibility index (Phi) is 5.71. The number of nitrogens with zero attached hydrogens (tertiary/aromatic N) is 1. The lowest BCUT2D eigenvalue weighted by atomic mass is 9.95. The standard InChI is InChI=1S/C13H25NO3/c1-15-9-10-17-11-16-8-5-12-4-7-14-6-2-3-13(12)14/h12-13H,2-11H2,1H3. The zero-order valence-electron chi connectivity index (χ0n) is 10.9. The van der Waals surface area contributed by atoms with Gasteiger partial charge in [-0.2, -0.15) is 0 Å². The van der Waals surface area contributed by atoms with Crippen molar-refractivity contribution in [2.75, 3.05) is 46.8 Å². The Hall–Kier alpha value is -0.160. The molecule has 2 fully saturated rings. The molecule has 2 saturated heterocycles. The zero-order chi connectivity index (χ0) is 11.9. The smallest absolute Gasteiger partial charge is 0.146 e. The van der Waals surface area contributed by atoms with Gasteiger partial charge in [0.25, 0.3) is 0 Å². The topological polar surface area (TPSA) is 30.9 Å². The quantitative estimate of drug-likeness (QED) is 0.477. The van der Waals surface area contributed by atoms with Crippen LogP contribution in [0, 0.1) is 5.92 Å². The van der Waals surface area contributed by atoms with Gasteiger partial charge in [0.2, 0.25) is 0 Å². The summed E-state index contributed by atoms with van der Waals surface area (Å²) in [7, 11) is 1.68. The molecule has 17 heavy (non-hydrogen) atoms. The van der Waals surface area contributed by atoms with E-state index in [0.29, 0.717) is 20.0 Å². The molecule has 4 heteroatoms. The third-order valence-corrected chi connectivity index (χ3v) is 3.98. The van der Waals surface area contributed by atoms with Crippen molar-refractivity contribution in [2.24, 2.45) is 5.92 Å². The Morgan fingerprint density at radius 3 is 2.82 bits per heavy atom. The first-order valence-electron chi connectivity index (χ1n) is 6.80. The second-order valence-electron chi connectivity index (χ2n) is 5.01. The Labute approximate surface area is 104 Å². The third kappa shape index (κ3) is 3.91. The second kappa shape index (κ2) is 7.31. The third-order valence-electron chi connectivity index (χ3n) is 3.98. The maximum atomic E-state index is 5.49. The molecule has 100 valence electrons. The van der Waals surface area contributed by atoms with E-state index < -0.39 is 0 Å². The van der Waals surface area contributed by atoms with Crippen LogP contribution >= 0.6 is 0 Å². The number of fused-ring (bicyclic) bond motifs is 1. The van der Waals surface area contributed by atoms with Crippen LogP contribution in [0.5, 0.6) is 0 Å². The molecule has 2 unspecified atom stereocenters. The van der Waals surface area contributed by atoms with Crippen LogP contribution in [0.15, 0.2) is 0 Å². The molecule has 2 heterocycles. The first-order chi connectivity index (χ1) is 8.42. The van der Waals surface area contributed by atoms with Gasteiger partial charge in [0.15, 0.2) is 0 Å². The molecule has 0 bridgehead atoms. The molecule has 4 nitrogen and oxygen atoms in total. The highest BCUT2D eigenvalue weighted by Gasteiger charge is 2.36. The Morgan fingerprint density at radius 1 is 1.06 bits per heavy atom. The summed E-state index contributed by atoms with van der Waals surface area (Å²) < 4.78 is 15.7. The lowest BCUT2D eigenvalue weighted by molar-refractivity contribution is -0.0687. The highest BCUT2D eigenvalue weighted by atomic mass is 16.7. The van der Waals surface area contributed by atoms with Crippen LogP contribution < -0.4 is 0 Å². The fourth-order valence-electron chi connectivity index (χ4n) is 3.08.